The number of hydrogen-bond donors (Lipinski definition) is 0. The van der Waals surface area contributed by atoms with Crippen LogP contribution in [-0.2, 0) is 4.79 Å². The van der Waals surface area contributed by atoms with Gasteiger partial charge in [-0.15, -0.1) is 0 Å². The van der Waals surface area contributed by atoms with E-state index in [-0.39, 0.29) is 17.9 Å². The van der Waals surface area contributed by atoms with Crippen LogP contribution in [0.5, 0.6) is 0 Å². The molecule has 0 saturated carbocycles. The third-order valence-electron chi connectivity index (χ3n) is 6.31. The zero-order valence-corrected chi connectivity index (χ0v) is 16.8. The van der Waals surface area contributed by atoms with E-state index in [0.29, 0.717) is 0 Å². The molecule has 1 amide bonds. The molecule has 7 nitrogen and oxygen atoms in total. The molecule has 1 atom stereocenters. The zero-order chi connectivity index (χ0) is 20.5. The van der Waals surface area contributed by atoms with Crippen LogP contribution in [0.4, 0.5) is 5.69 Å². The summed E-state index contributed by atoms with van der Waals surface area (Å²) in [6.07, 6.45) is 9.04. The van der Waals surface area contributed by atoms with E-state index in [1.54, 1.807) is 11.1 Å². The Hall–Kier alpha value is -3.40. The highest BCUT2D eigenvalue weighted by Crippen LogP contribution is 2.30. The third-order valence-corrected chi connectivity index (χ3v) is 6.31. The molecule has 2 aromatic heterocycles. The normalized spacial score (nSPS) is 19.9. The van der Waals surface area contributed by atoms with Crippen molar-refractivity contribution < 1.29 is 4.79 Å². The minimum Gasteiger partial charge on any atom is -0.368 e. The molecule has 2 saturated heterocycles. The fourth-order valence-corrected chi connectivity index (χ4v) is 4.67. The standard InChI is InChI=1S/C23H24N6O/c24-14-19-5-3-11-28(19)23(30)17-8-12-27(13-9-17)22-15-25-10-7-21(22)29-16-18-4-1-2-6-20(18)26-29/h1-2,4,6-7,10,15-17,19H,3,5,8-9,11-13H2/t19-/m1/s1. The zero-order valence-electron chi connectivity index (χ0n) is 16.8. The van der Waals surface area contributed by atoms with Crippen molar-refractivity contribution in [2.75, 3.05) is 24.5 Å². The fourth-order valence-electron chi connectivity index (χ4n) is 4.67. The van der Waals surface area contributed by atoms with E-state index in [0.717, 1.165) is 67.6 Å². The summed E-state index contributed by atoms with van der Waals surface area (Å²) in [4.78, 5) is 21.4. The number of carbonyl (C=O) groups excluding carboxylic acids is 1. The van der Waals surface area contributed by atoms with E-state index >= 15 is 0 Å². The van der Waals surface area contributed by atoms with Gasteiger partial charge in [-0.05, 0) is 37.8 Å². The van der Waals surface area contributed by atoms with Crippen LogP contribution in [0.25, 0.3) is 16.6 Å². The summed E-state index contributed by atoms with van der Waals surface area (Å²) >= 11 is 0. The molecule has 152 valence electrons. The van der Waals surface area contributed by atoms with E-state index in [4.69, 9.17) is 5.10 Å². The molecule has 2 fully saturated rings. The number of benzene rings is 1. The number of anilines is 1. The summed E-state index contributed by atoms with van der Waals surface area (Å²) in [6.45, 7) is 2.30. The van der Waals surface area contributed by atoms with Crippen LogP contribution in [0.2, 0.25) is 0 Å². The molecule has 5 rings (SSSR count). The van der Waals surface area contributed by atoms with E-state index < -0.39 is 0 Å². The first-order valence-corrected chi connectivity index (χ1v) is 10.6. The second-order valence-corrected chi connectivity index (χ2v) is 8.08. The summed E-state index contributed by atoms with van der Waals surface area (Å²) in [5.41, 5.74) is 2.99. The van der Waals surface area contributed by atoms with Crippen molar-refractivity contribution in [1.82, 2.24) is 19.7 Å². The van der Waals surface area contributed by atoms with Gasteiger partial charge in [0, 0.05) is 43.3 Å². The molecular weight excluding hydrogens is 376 g/mol. The molecule has 0 spiro atoms. The first-order chi connectivity index (χ1) is 14.7. The number of fused-ring (bicyclic) bond motifs is 1. The number of aromatic nitrogens is 3. The Morgan fingerprint density at radius 3 is 2.70 bits per heavy atom. The van der Waals surface area contributed by atoms with Gasteiger partial charge in [-0.25, -0.2) is 4.68 Å². The topological polar surface area (TPSA) is 78.0 Å². The second kappa shape index (κ2) is 7.79. The molecule has 0 unspecified atom stereocenters. The molecule has 2 aliphatic rings. The largest absolute Gasteiger partial charge is 0.368 e. The molecule has 30 heavy (non-hydrogen) atoms. The molecule has 7 heteroatoms. The van der Waals surface area contributed by atoms with Crippen LogP contribution >= 0.6 is 0 Å². The van der Waals surface area contributed by atoms with E-state index in [9.17, 15) is 10.1 Å². The lowest BCUT2D eigenvalue weighted by Crippen LogP contribution is -2.44. The Bertz CT molecular complexity index is 1080. The van der Waals surface area contributed by atoms with Crippen molar-refractivity contribution in [2.45, 2.75) is 31.7 Å². The number of carbonyl (C=O) groups is 1. The Labute approximate surface area is 175 Å². The molecule has 3 aromatic rings. The first-order valence-electron chi connectivity index (χ1n) is 10.6. The van der Waals surface area contributed by atoms with Crippen molar-refractivity contribution >= 4 is 22.5 Å². The highest BCUT2D eigenvalue weighted by Gasteiger charge is 2.35. The summed E-state index contributed by atoms with van der Waals surface area (Å²) in [5.74, 6) is 0.158. The van der Waals surface area contributed by atoms with Gasteiger partial charge in [0.2, 0.25) is 5.91 Å². The van der Waals surface area contributed by atoms with Gasteiger partial charge in [0.25, 0.3) is 0 Å². The molecule has 2 aliphatic heterocycles. The maximum Gasteiger partial charge on any atom is 0.226 e. The van der Waals surface area contributed by atoms with Crippen LogP contribution in [0, 0.1) is 17.2 Å². The summed E-state index contributed by atoms with van der Waals surface area (Å²) < 4.78 is 1.92. The quantitative estimate of drug-likeness (QED) is 0.675. The molecule has 4 heterocycles. The molecular formula is C23H24N6O. The second-order valence-electron chi connectivity index (χ2n) is 8.08. The Kier molecular flexibility index (Phi) is 4.83. The number of pyridine rings is 1. The number of amides is 1. The van der Waals surface area contributed by atoms with Crippen LogP contribution < -0.4 is 4.90 Å². The maximum absolute atomic E-state index is 12.9. The fraction of sp³-hybridized carbons (Fsp3) is 0.391. The SMILES string of the molecule is N#C[C@H]1CCCN1C(=O)C1CCN(c2cnccc2-n2cc3ccccc3n2)CC1. The predicted molar refractivity (Wildman–Crippen MR) is 114 cm³/mol. The third kappa shape index (κ3) is 3.28. The first kappa shape index (κ1) is 18.6. The van der Waals surface area contributed by atoms with Crippen LogP contribution in [-0.4, -0.2) is 51.2 Å². The van der Waals surface area contributed by atoms with Gasteiger partial charge in [-0.3, -0.25) is 9.78 Å². The molecule has 0 N–H and O–H groups in total. The molecule has 0 aliphatic carbocycles. The number of nitrogens with zero attached hydrogens (tertiary/aromatic N) is 6. The lowest BCUT2D eigenvalue weighted by atomic mass is 9.94. The maximum atomic E-state index is 12.9. The average molecular weight is 400 g/mol. The van der Waals surface area contributed by atoms with Crippen LogP contribution in [0.3, 0.4) is 0 Å². The van der Waals surface area contributed by atoms with Gasteiger partial charge in [0.1, 0.15) is 6.04 Å². The molecule has 0 radical (unpaired) electrons. The van der Waals surface area contributed by atoms with Crippen molar-refractivity contribution in [3.05, 3.63) is 48.9 Å². The molecule has 1 aromatic carbocycles. The van der Waals surface area contributed by atoms with Gasteiger partial charge in [0.15, 0.2) is 0 Å². The van der Waals surface area contributed by atoms with Crippen molar-refractivity contribution in [3.8, 4) is 11.8 Å². The van der Waals surface area contributed by atoms with E-state index in [2.05, 4.69) is 22.0 Å². The highest BCUT2D eigenvalue weighted by molar-refractivity contribution is 5.81. The van der Waals surface area contributed by atoms with Gasteiger partial charge in [-0.2, -0.15) is 10.4 Å². The number of piperidine rings is 1. The highest BCUT2D eigenvalue weighted by atomic mass is 16.2. The number of hydrogen-bond acceptors (Lipinski definition) is 5. The van der Waals surface area contributed by atoms with Gasteiger partial charge < -0.3 is 9.80 Å². The van der Waals surface area contributed by atoms with E-state index in [1.165, 1.54) is 0 Å². The van der Waals surface area contributed by atoms with E-state index in [1.807, 2.05) is 41.3 Å². The predicted octanol–water partition coefficient (Wildman–Crippen LogP) is 3.15. The number of nitriles is 1. The average Bonchev–Trinajstić information content (AvgIpc) is 3.45. The summed E-state index contributed by atoms with van der Waals surface area (Å²) in [5, 5.41) is 15.1. The van der Waals surface area contributed by atoms with Gasteiger partial charge in [-0.1, -0.05) is 18.2 Å². The van der Waals surface area contributed by atoms with Crippen LogP contribution in [0.15, 0.2) is 48.9 Å². The van der Waals surface area contributed by atoms with Crippen molar-refractivity contribution in [3.63, 3.8) is 0 Å². The number of rotatable bonds is 3. The lowest BCUT2D eigenvalue weighted by Gasteiger charge is -2.35. The Morgan fingerprint density at radius 2 is 1.90 bits per heavy atom. The molecule has 0 bridgehead atoms. The van der Waals surface area contributed by atoms with Crippen molar-refractivity contribution in [2.24, 2.45) is 5.92 Å². The number of likely N-dealkylation sites (tertiary alicyclic amines) is 1. The summed E-state index contributed by atoms with van der Waals surface area (Å²) in [6, 6.07) is 12.1. The Morgan fingerprint density at radius 1 is 1.07 bits per heavy atom. The van der Waals surface area contributed by atoms with Crippen LogP contribution in [0.1, 0.15) is 25.7 Å². The Balaban J connectivity index is 1.33. The smallest absolute Gasteiger partial charge is 0.226 e. The monoisotopic (exact) mass is 400 g/mol. The minimum atomic E-state index is -0.241. The van der Waals surface area contributed by atoms with Crippen molar-refractivity contribution in [1.29, 1.82) is 5.26 Å². The summed E-state index contributed by atoms with van der Waals surface area (Å²) in [7, 11) is 0. The van der Waals surface area contributed by atoms with Gasteiger partial charge >= 0.3 is 0 Å². The minimum absolute atomic E-state index is 0.00242. The van der Waals surface area contributed by atoms with Gasteiger partial charge in [0.05, 0.1) is 29.2 Å². The lowest BCUT2D eigenvalue weighted by molar-refractivity contribution is -0.136.